The third kappa shape index (κ3) is 2.75. The van der Waals surface area contributed by atoms with E-state index in [2.05, 4.69) is 66.5 Å². The Kier molecular flexibility index (Phi) is 4.12. The van der Waals surface area contributed by atoms with Gasteiger partial charge < -0.3 is 4.98 Å². The average Bonchev–Trinajstić information content (AvgIpc) is 2.93. The van der Waals surface area contributed by atoms with Crippen LogP contribution in [0, 0.1) is 0 Å². The van der Waals surface area contributed by atoms with Crippen molar-refractivity contribution in [1.29, 1.82) is 0 Å². The van der Waals surface area contributed by atoms with Gasteiger partial charge in [0.25, 0.3) is 0 Å². The van der Waals surface area contributed by atoms with E-state index in [4.69, 9.17) is 0 Å². The van der Waals surface area contributed by atoms with Crippen molar-refractivity contribution in [1.82, 2.24) is 4.98 Å². The molecule has 0 atom stereocenters. The Morgan fingerprint density at radius 3 is 2.65 bits per heavy atom. The van der Waals surface area contributed by atoms with Gasteiger partial charge in [-0.05, 0) is 35.9 Å². The minimum Gasteiger partial charge on any atom is -0.354 e. The molecule has 0 aliphatic rings. The maximum Gasteiger partial charge on any atom is 0.0470 e. The van der Waals surface area contributed by atoms with Gasteiger partial charge >= 0.3 is 0 Å². The van der Waals surface area contributed by atoms with Crippen molar-refractivity contribution in [3.63, 3.8) is 0 Å². The van der Waals surface area contributed by atoms with Crippen LogP contribution in [-0.2, 0) is 0 Å². The second kappa shape index (κ2) is 6.19. The first-order chi connectivity index (χ1) is 9.88. The highest BCUT2D eigenvalue weighted by Crippen LogP contribution is 2.32. The Labute approximate surface area is 124 Å². The molecule has 3 rings (SSSR count). The molecular weight excluding hydrogens is 262 g/mol. The summed E-state index contributed by atoms with van der Waals surface area (Å²) in [5.74, 6) is 1.20. The second-order valence-corrected chi connectivity index (χ2v) is 6.11. The van der Waals surface area contributed by atoms with E-state index in [1.807, 2.05) is 11.8 Å². The third-order valence-corrected chi connectivity index (χ3v) is 4.62. The Morgan fingerprint density at radius 2 is 1.85 bits per heavy atom. The molecule has 1 N–H and O–H groups in total. The summed E-state index contributed by atoms with van der Waals surface area (Å²) in [5.41, 5.74) is 3.67. The second-order valence-electron chi connectivity index (χ2n) is 4.97. The smallest absolute Gasteiger partial charge is 0.0470 e. The number of nitrogens with one attached hydrogen (secondary N) is 1. The van der Waals surface area contributed by atoms with Crippen LogP contribution < -0.4 is 0 Å². The summed E-state index contributed by atoms with van der Waals surface area (Å²) in [6.45, 7) is 2.24. The standard InChI is InChI=1S/C18H19NS/c1-2-3-12-20-18-11-7-10-16-15(18)13-17(19-16)14-8-5-4-6-9-14/h4-11,13,19H,2-3,12H2,1H3. The van der Waals surface area contributed by atoms with Crippen molar-refractivity contribution >= 4 is 22.7 Å². The van der Waals surface area contributed by atoms with Crippen LogP contribution >= 0.6 is 11.8 Å². The maximum atomic E-state index is 3.53. The fourth-order valence-corrected chi connectivity index (χ4v) is 3.51. The van der Waals surface area contributed by atoms with Gasteiger partial charge in [-0.2, -0.15) is 0 Å². The summed E-state index contributed by atoms with van der Waals surface area (Å²) < 4.78 is 0. The monoisotopic (exact) mass is 281 g/mol. The molecule has 20 heavy (non-hydrogen) atoms. The Bertz CT molecular complexity index is 685. The molecule has 0 saturated carbocycles. The quantitative estimate of drug-likeness (QED) is 0.466. The molecule has 0 unspecified atom stereocenters. The zero-order valence-electron chi connectivity index (χ0n) is 11.7. The van der Waals surface area contributed by atoms with Gasteiger partial charge in [-0.15, -0.1) is 11.8 Å². The lowest BCUT2D eigenvalue weighted by molar-refractivity contribution is 0.896. The van der Waals surface area contributed by atoms with Crippen molar-refractivity contribution in [2.24, 2.45) is 0 Å². The maximum absolute atomic E-state index is 3.53. The molecule has 1 nitrogen and oxygen atoms in total. The van der Waals surface area contributed by atoms with E-state index in [1.165, 1.54) is 45.7 Å². The molecular formula is C18H19NS. The lowest BCUT2D eigenvalue weighted by Gasteiger charge is -2.01. The molecule has 102 valence electrons. The van der Waals surface area contributed by atoms with Crippen LogP contribution in [0.5, 0.6) is 0 Å². The Morgan fingerprint density at radius 1 is 1.00 bits per heavy atom. The minimum atomic E-state index is 1.20. The lowest BCUT2D eigenvalue weighted by atomic mass is 10.1. The molecule has 0 aliphatic carbocycles. The Hall–Kier alpha value is -1.67. The van der Waals surface area contributed by atoms with Gasteiger partial charge in [0, 0.05) is 21.5 Å². The van der Waals surface area contributed by atoms with E-state index in [9.17, 15) is 0 Å². The van der Waals surface area contributed by atoms with Crippen LogP contribution in [0.2, 0.25) is 0 Å². The number of unbranched alkanes of at least 4 members (excludes halogenated alkanes) is 1. The molecule has 0 bridgehead atoms. The minimum absolute atomic E-state index is 1.20. The van der Waals surface area contributed by atoms with E-state index >= 15 is 0 Å². The van der Waals surface area contributed by atoms with Crippen molar-refractivity contribution in [3.05, 3.63) is 54.6 Å². The number of aromatic nitrogens is 1. The molecule has 3 aromatic rings. The van der Waals surface area contributed by atoms with E-state index in [0.29, 0.717) is 0 Å². The molecule has 1 heterocycles. The number of rotatable bonds is 5. The molecule has 0 saturated heterocycles. The van der Waals surface area contributed by atoms with Gasteiger partial charge in [0.05, 0.1) is 0 Å². The van der Waals surface area contributed by atoms with Crippen molar-refractivity contribution in [2.75, 3.05) is 5.75 Å². The SMILES string of the molecule is CCCCSc1cccc2[nH]c(-c3ccccc3)cc12. The molecule has 2 heteroatoms. The number of benzene rings is 2. The van der Waals surface area contributed by atoms with Crippen LogP contribution in [0.15, 0.2) is 59.5 Å². The summed E-state index contributed by atoms with van der Waals surface area (Å²) in [6.07, 6.45) is 2.53. The molecule has 0 radical (unpaired) electrons. The van der Waals surface area contributed by atoms with E-state index < -0.39 is 0 Å². The van der Waals surface area contributed by atoms with Gasteiger partial charge in [0.1, 0.15) is 0 Å². The predicted molar refractivity (Wildman–Crippen MR) is 89.4 cm³/mol. The summed E-state index contributed by atoms with van der Waals surface area (Å²) >= 11 is 1.96. The van der Waals surface area contributed by atoms with Gasteiger partial charge in [-0.1, -0.05) is 49.7 Å². The normalized spacial score (nSPS) is 11.1. The topological polar surface area (TPSA) is 15.8 Å². The van der Waals surface area contributed by atoms with Gasteiger partial charge in [-0.3, -0.25) is 0 Å². The molecule has 0 amide bonds. The van der Waals surface area contributed by atoms with Crippen molar-refractivity contribution < 1.29 is 0 Å². The van der Waals surface area contributed by atoms with Crippen LogP contribution in [-0.4, -0.2) is 10.7 Å². The number of fused-ring (bicyclic) bond motifs is 1. The van der Waals surface area contributed by atoms with Crippen LogP contribution in [0.1, 0.15) is 19.8 Å². The van der Waals surface area contributed by atoms with Crippen LogP contribution in [0.25, 0.3) is 22.2 Å². The van der Waals surface area contributed by atoms with Crippen molar-refractivity contribution in [3.8, 4) is 11.3 Å². The van der Waals surface area contributed by atoms with Crippen molar-refractivity contribution in [2.45, 2.75) is 24.7 Å². The van der Waals surface area contributed by atoms with E-state index in [-0.39, 0.29) is 0 Å². The van der Waals surface area contributed by atoms with Gasteiger partial charge in [0.15, 0.2) is 0 Å². The molecule has 0 fully saturated rings. The van der Waals surface area contributed by atoms with Crippen LogP contribution in [0.3, 0.4) is 0 Å². The largest absolute Gasteiger partial charge is 0.354 e. The van der Waals surface area contributed by atoms with E-state index in [0.717, 1.165) is 0 Å². The average molecular weight is 281 g/mol. The summed E-state index contributed by atoms with van der Waals surface area (Å²) in [7, 11) is 0. The number of thioether (sulfide) groups is 1. The number of H-pyrrole nitrogens is 1. The molecule has 1 aromatic heterocycles. The fourth-order valence-electron chi connectivity index (χ4n) is 2.35. The molecule has 0 spiro atoms. The van der Waals surface area contributed by atoms with E-state index in [1.54, 1.807) is 0 Å². The fraction of sp³-hybridized carbons (Fsp3) is 0.222. The first kappa shape index (κ1) is 13.3. The Balaban J connectivity index is 1.96. The van der Waals surface area contributed by atoms with Gasteiger partial charge in [0.2, 0.25) is 0 Å². The highest BCUT2D eigenvalue weighted by atomic mass is 32.2. The summed E-state index contributed by atoms with van der Waals surface area (Å²) in [6, 6.07) is 19.3. The number of hydrogen-bond donors (Lipinski definition) is 1. The van der Waals surface area contributed by atoms with Crippen LogP contribution in [0.4, 0.5) is 0 Å². The zero-order valence-corrected chi connectivity index (χ0v) is 12.5. The summed E-state index contributed by atoms with van der Waals surface area (Å²) in [5, 5.41) is 1.34. The lowest BCUT2D eigenvalue weighted by Crippen LogP contribution is -1.79. The predicted octanol–water partition coefficient (Wildman–Crippen LogP) is 5.73. The first-order valence-corrected chi connectivity index (χ1v) is 8.17. The highest BCUT2D eigenvalue weighted by molar-refractivity contribution is 7.99. The van der Waals surface area contributed by atoms with Gasteiger partial charge in [-0.25, -0.2) is 0 Å². The first-order valence-electron chi connectivity index (χ1n) is 7.18. The molecule has 2 aromatic carbocycles. The third-order valence-electron chi connectivity index (χ3n) is 3.46. The summed E-state index contributed by atoms with van der Waals surface area (Å²) in [4.78, 5) is 4.91. The molecule has 0 aliphatic heterocycles. The number of hydrogen-bond acceptors (Lipinski definition) is 1. The highest BCUT2D eigenvalue weighted by Gasteiger charge is 2.07. The number of aromatic amines is 1. The zero-order chi connectivity index (χ0) is 13.8.